The van der Waals surface area contributed by atoms with Crippen molar-refractivity contribution < 1.29 is 14.7 Å². The zero-order valence-corrected chi connectivity index (χ0v) is 11.8. The van der Waals surface area contributed by atoms with Gasteiger partial charge in [0.1, 0.15) is 0 Å². The van der Waals surface area contributed by atoms with Gasteiger partial charge in [-0.15, -0.1) is 0 Å². The molecule has 0 heterocycles. The first kappa shape index (κ1) is 13.7. The van der Waals surface area contributed by atoms with E-state index in [-0.39, 0.29) is 23.7 Å². The van der Waals surface area contributed by atoms with Gasteiger partial charge < -0.3 is 10.4 Å². The van der Waals surface area contributed by atoms with Crippen LogP contribution in [-0.2, 0) is 9.59 Å². The van der Waals surface area contributed by atoms with Gasteiger partial charge in [0, 0.05) is 12.5 Å². The number of rotatable bonds is 4. The van der Waals surface area contributed by atoms with Crippen LogP contribution >= 0.6 is 0 Å². The largest absolute Gasteiger partial charge is 0.481 e. The van der Waals surface area contributed by atoms with Gasteiger partial charge in [-0.1, -0.05) is 25.0 Å². The summed E-state index contributed by atoms with van der Waals surface area (Å²) in [7, 11) is 0. The van der Waals surface area contributed by atoms with Crippen LogP contribution in [0.15, 0.2) is 12.2 Å². The van der Waals surface area contributed by atoms with Crippen LogP contribution in [0.4, 0.5) is 0 Å². The van der Waals surface area contributed by atoms with Crippen molar-refractivity contribution in [3.63, 3.8) is 0 Å². The van der Waals surface area contributed by atoms with Crippen molar-refractivity contribution in [2.45, 2.75) is 38.5 Å². The van der Waals surface area contributed by atoms with Gasteiger partial charge in [-0.05, 0) is 43.4 Å². The number of allylic oxidation sites excluding steroid dienone is 2. The maximum atomic E-state index is 12.3. The van der Waals surface area contributed by atoms with Crippen molar-refractivity contribution in [3.05, 3.63) is 12.2 Å². The third-order valence-corrected chi connectivity index (χ3v) is 5.38. The molecule has 3 rings (SSSR count). The van der Waals surface area contributed by atoms with Crippen molar-refractivity contribution in [2.24, 2.45) is 29.6 Å². The van der Waals surface area contributed by atoms with E-state index in [0.717, 1.165) is 38.5 Å². The number of carboxylic acids is 1. The zero-order chi connectivity index (χ0) is 14.1. The van der Waals surface area contributed by atoms with Crippen molar-refractivity contribution in [1.82, 2.24) is 5.32 Å². The Labute approximate surface area is 119 Å². The maximum absolute atomic E-state index is 12.3. The number of carboxylic acid groups (broad SMARTS) is 1. The molecule has 4 nitrogen and oxygen atoms in total. The third-order valence-electron chi connectivity index (χ3n) is 5.38. The smallest absolute Gasteiger partial charge is 0.306 e. The number of hydrogen-bond acceptors (Lipinski definition) is 2. The van der Waals surface area contributed by atoms with E-state index in [2.05, 4.69) is 17.5 Å². The van der Waals surface area contributed by atoms with Crippen LogP contribution in [0.1, 0.15) is 38.5 Å². The second-order valence-electron chi connectivity index (χ2n) is 6.62. The van der Waals surface area contributed by atoms with Gasteiger partial charge in [0.15, 0.2) is 0 Å². The third kappa shape index (κ3) is 2.60. The van der Waals surface area contributed by atoms with Gasteiger partial charge in [-0.25, -0.2) is 0 Å². The number of nitrogens with one attached hydrogen (secondary N) is 1. The molecule has 5 atom stereocenters. The van der Waals surface area contributed by atoms with Crippen molar-refractivity contribution in [3.8, 4) is 0 Å². The second kappa shape index (κ2) is 5.58. The van der Waals surface area contributed by atoms with E-state index in [1.807, 2.05) is 0 Å². The van der Waals surface area contributed by atoms with Gasteiger partial charge in [0.25, 0.3) is 0 Å². The minimum atomic E-state index is -0.702. The Hall–Kier alpha value is -1.32. The lowest BCUT2D eigenvalue weighted by molar-refractivity contribution is -0.145. The van der Waals surface area contributed by atoms with E-state index >= 15 is 0 Å². The molecule has 0 saturated heterocycles. The number of amides is 1. The first-order chi connectivity index (χ1) is 9.65. The van der Waals surface area contributed by atoms with Crippen LogP contribution in [0, 0.1) is 29.6 Å². The van der Waals surface area contributed by atoms with Gasteiger partial charge in [-0.3, -0.25) is 9.59 Å². The molecule has 110 valence electrons. The molecule has 0 aromatic heterocycles. The quantitative estimate of drug-likeness (QED) is 0.774. The highest BCUT2D eigenvalue weighted by atomic mass is 16.4. The number of fused-ring (bicyclic) bond motifs is 2. The maximum Gasteiger partial charge on any atom is 0.306 e. The van der Waals surface area contributed by atoms with E-state index in [1.54, 1.807) is 0 Å². The highest BCUT2D eigenvalue weighted by molar-refractivity contribution is 5.80. The summed E-state index contributed by atoms with van der Waals surface area (Å²) in [4.78, 5) is 23.5. The molecule has 0 spiro atoms. The lowest BCUT2D eigenvalue weighted by atomic mass is 9.79. The van der Waals surface area contributed by atoms with Crippen LogP contribution in [0.5, 0.6) is 0 Å². The molecule has 0 aromatic carbocycles. The Bertz CT molecular complexity index is 431. The lowest BCUT2D eigenvalue weighted by Gasteiger charge is -2.29. The summed E-state index contributed by atoms with van der Waals surface area (Å²) >= 11 is 0. The SMILES string of the molecule is O=C(NCC1CCCCC1C(=O)O)C1CC2C=CC1C2. The van der Waals surface area contributed by atoms with Crippen molar-refractivity contribution in [2.75, 3.05) is 6.54 Å². The molecule has 5 unspecified atom stereocenters. The highest BCUT2D eigenvalue weighted by Gasteiger charge is 2.40. The predicted octanol–water partition coefficient (Wildman–Crippen LogP) is 2.21. The number of aliphatic carboxylic acids is 1. The van der Waals surface area contributed by atoms with Gasteiger partial charge >= 0.3 is 5.97 Å². The fourth-order valence-electron chi connectivity index (χ4n) is 4.22. The Balaban J connectivity index is 1.52. The van der Waals surface area contributed by atoms with E-state index < -0.39 is 5.97 Å². The van der Waals surface area contributed by atoms with E-state index in [4.69, 9.17) is 0 Å². The van der Waals surface area contributed by atoms with Crippen LogP contribution in [0.2, 0.25) is 0 Å². The number of carbonyl (C=O) groups is 2. The summed E-state index contributed by atoms with van der Waals surface area (Å²) in [5.41, 5.74) is 0. The minimum absolute atomic E-state index is 0.110. The van der Waals surface area contributed by atoms with Crippen LogP contribution in [-0.4, -0.2) is 23.5 Å². The number of hydrogen-bond donors (Lipinski definition) is 2. The molecule has 0 radical (unpaired) electrons. The molecule has 4 heteroatoms. The molecule has 2 bridgehead atoms. The first-order valence-electron chi connectivity index (χ1n) is 7.84. The monoisotopic (exact) mass is 277 g/mol. The van der Waals surface area contributed by atoms with Crippen molar-refractivity contribution in [1.29, 1.82) is 0 Å². The zero-order valence-electron chi connectivity index (χ0n) is 11.8. The lowest BCUT2D eigenvalue weighted by Crippen LogP contribution is -2.40. The Morgan fingerprint density at radius 2 is 1.90 bits per heavy atom. The topological polar surface area (TPSA) is 66.4 Å². The summed E-state index contributed by atoms with van der Waals surface area (Å²) < 4.78 is 0. The van der Waals surface area contributed by atoms with Gasteiger partial charge in [0.05, 0.1) is 5.92 Å². The molecule has 1 amide bonds. The molecule has 2 saturated carbocycles. The fourth-order valence-corrected chi connectivity index (χ4v) is 4.22. The molecule has 2 N–H and O–H groups in total. The minimum Gasteiger partial charge on any atom is -0.481 e. The van der Waals surface area contributed by atoms with Crippen LogP contribution < -0.4 is 5.32 Å². The molecule has 0 aromatic rings. The summed E-state index contributed by atoms with van der Waals surface area (Å²) in [5.74, 6) is 0.405. The summed E-state index contributed by atoms with van der Waals surface area (Å²) in [6.45, 7) is 0.535. The van der Waals surface area contributed by atoms with Gasteiger partial charge in [0.2, 0.25) is 5.91 Å². The molecular formula is C16H23NO3. The Morgan fingerprint density at radius 1 is 1.10 bits per heavy atom. The Morgan fingerprint density at radius 3 is 2.55 bits per heavy atom. The highest BCUT2D eigenvalue weighted by Crippen LogP contribution is 2.43. The van der Waals surface area contributed by atoms with Crippen molar-refractivity contribution >= 4 is 11.9 Å². The fraction of sp³-hybridized carbons (Fsp3) is 0.750. The molecule has 3 aliphatic rings. The average Bonchev–Trinajstić information content (AvgIpc) is 3.07. The molecule has 20 heavy (non-hydrogen) atoms. The first-order valence-corrected chi connectivity index (χ1v) is 7.84. The Kier molecular flexibility index (Phi) is 3.81. The molecule has 2 fully saturated rings. The second-order valence-corrected chi connectivity index (χ2v) is 6.62. The van der Waals surface area contributed by atoms with E-state index in [9.17, 15) is 14.7 Å². The predicted molar refractivity (Wildman–Crippen MR) is 74.9 cm³/mol. The van der Waals surface area contributed by atoms with E-state index in [1.165, 1.54) is 0 Å². The summed E-state index contributed by atoms with van der Waals surface area (Å²) in [6, 6.07) is 0. The van der Waals surface area contributed by atoms with Crippen LogP contribution in [0.25, 0.3) is 0 Å². The normalized spacial score (nSPS) is 38.9. The summed E-state index contributed by atoms with van der Waals surface area (Å²) in [5, 5.41) is 12.3. The van der Waals surface area contributed by atoms with Gasteiger partial charge in [-0.2, -0.15) is 0 Å². The average molecular weight is 277 g/mol. The van der Waals surface area contributed by atoms with Crippen LogP contribution in [0.3, 0.4) is 0 Å². The molecule has 3 aliphatic carbocycles. The molecular weight excluding hydrogens is 254 g/mol. The molecule has 0 aliphatic heterocycles. The summed E-state index contributed by atoms with van der Waals surface area (Å²) in [6.07, 6.45) is 10.3. The standard InChI is InChI=1S/C16H23NO3/c18-15(14-8-10-5-6-11(14)7-10)17-9-12-3-1-2-4-13(12)16(19)20/h5-6,10-14H,1-4,7-9H2,(H,17,18)(H,19,20). The van der Waals surface area contributed by atoms with E-state index in [0.29, 0.717) is 18.4 Å². The number of carbonyl (C=O) groups excluding carboxylic acids is 1.